The fourth-order valence-corrected chi connectivity index (χ4v) is 3.44. The van der Waals surface area contributed by atoms with Crippen molar-refractivity contribution in [3.8, 4) is 0 Å². The van der Waals surface area contributed by atoms with E-state index in [4.69, 9.17) is 0 Å². The van der Waals surface area contributed by atoms with Crippen LogP contribution in [0.15, 0.2) is 42.7 Å². The van der Waals surface area contributed by atoms with Gasteiger partial charge in [0, 0.05) is 25.4 Å². The molecule has 1 fully saturated rings. The zero-order chi connectivity index (χ0) is 19.2. The Morgan fingerprint density at radius 2 is 1.85 bits per heavy atom. The van der Waals surface area contributed by atoms with Gasteiger partial charge in [-0.1, -0.05) is 24.6 Å². The molecule has 5 heteroatoms. The second-order valence-electron chi connectivity index (χ2n) is 7.25. The molecule has 142 valence electrons. The van der Waals surface area contributed by atoms with Crippen LogP contribution < -0.4 is 5.32 Å². The fraction of sp³-hybridized carbons (Fsp3) is 0.409. The van der Waals surface area contributed by atoms with Gasteiger partial charge in [-0.25, -0.2) is 0 Å². The zero-order valence-corrected chi connectivity index (χ0v) is 16.1. The molecule has 1 saturated heterocycles. The fourth-order valence-electron chi connectivity index (χ4n) is 3.44. The third kappa shape index (κ3) is 4.94. The maximum absolute atomic E-state index is 12.8. The van der Waals surface area contributed by atoms with Gasteiger partial charge in [0.15, 0.2) is 0 Å². The summed E-state index contributed by atoms with van der Waals surface area (Å²) >= 11 is 0. The van der Waals surface area contributed by atoms with Crippen LogP contribution in [0.2, 0.25) is 0 Å². The number of aromatic nitrogens is 1. The molecule has 1 aromatic carbocycles. The highest BCUT2D eigenvalue weighted by Crippen LogP contribution is 2.24. The molecule has 2 heterocycles. The highest BCUT2D eigenvalue weighted by atomic mass is 16.2. The van der Waals surface area contributed by atoms with Crippen molar-refractivity contribution in [3.05, 3.63) is 65.0 Å². The Kier molecular flexibility index (Phi) is 6.22. The average Bonchev–Trinajstić information content (AvgIpc) is 2.87. The van der Waals surface area contributed by atoms with Crippen LogP contribution in [0.5, 0.6) is 0 Å². The van der Waals surface area contributed by atoms with Gasteiger partial charge in [-0.15, -0.1) is 0 Å². The van der Waals surface area contributed by atoms with Crippen molar-refractivity contribution in [2.45, 2.75) is 45.6 Å². The van der Waals surface area contributed by atoms with Crippen LogP contribution in [-0.4, -0.2) is 34.8 Å². The molecule has 0 spiro atoms. The Hall–Kier alpha value is -2.69. The number of rotatable bonds is 5. The summed E-state index contributed by atoms with van der Waals surface area (Å²) in [6.07, 6.45) is 6.93. The summed E-state index contributed by atoms with van der Waals surface area (Å²) in [7, 11) is 0. The van der Waals surface area contributed by atoms with E-state index in [1.807, 2.05) is 18.2 Å². The quantitative estimate of drug-likeness (QED) is 0.884. The number of carbonyl (C=O) groups is 2. The summed E-state index contributed by atoms with van der Waals surface area (Å²) in [5, 5.41) is 3.12. The standard InChI is InChI=1S/C22H27N3O2/c1-16-7-8-19(14-17(16)2)22(18-9-11-23-12-10-18)24-20(26)15-25-13-5-3-4-6-21(25)27/h7-12,14,22H,3-6,13,15H2,1-2H3,(H,24,26)/t22-/m1/s1. The molecule has 0 saturated carbocycles. The van der Waals surface area contributed by atoms with Crippen molar-refractivity contribution in [1.29, 1.82) is 0 Å². The van der Waals surface area contributed by atoms with Crippen LogP contribution in [0.1, 0.15) is 54.0 Å². The van der Waals surface area contributed by atoms with Crippen LogP contribution in [0.4, 0.5) is 0 Å². The molecule has 0 radical (unpaired) electrons. The Bertz CT molecular complexity index is 804. The van der Waals surface area contributed by atoms with E-state index >= 15 is 0 Å². The van der Waals surface area contributed by atoms with E-state index in [2.05, 4.69) is 36.3 Å². The van der Waals surface area contributed by atoms with Gasteiger partial charge in [-0.05, 0) is 61.1 Å². The molecule has 0 unspecified atom stereocenters. The first kappa shape index (κ1) is 19.1. The normalized spacial score (nSPS) is 15.9. The topological polar surface area (TPSA) is 62.3 Å². The highest BCUT2D eigenvalue weighted by molar-refractivity contribution is 5.85. The molecule has 1 N–H and O–H groups in total. The Labute approximate surface area is 160 Å². The lowest BCUT2D eigenvalue weighted by molar-refractivity contribution is -0.135. The maximum Gasteiger partial charge on any atom is 0.240 e. The van der Waals surface area contributed by atoms with Gasteiger partial charge in [-0.2, -0.15) is 0 Å². The molecule has 3 rings (SSSR count). The van der Waals surface area contributed by atoms with Crippen molar-refractivity contribution in [2.75, 3.05) is 13.1 Å². The van der Waals surface area contributed by atoms with Crippen molar-refractivity contribution in [1.82, 2.24) is 15.2 Å². The minimum atomic E-state index is -0.262. The minimum absolute atomic E-state index is 0.0780. The van der Waals surface area contributed by atoms with Gasteiger partial charge >= 0.3 is 0 Å². The van der Waals surface area contributed by atoms with Crippen LogP contribution in [0, 0.1) is 13.8 Å². The van der Waals surface area contributed by atoms with Crippen LogP contribution >= 0.6 is 0 Å². The number of nitrogens with one attached hydrogen (secondary N) is 1. The smallest absolute Gasteiger partial charge is 0.240 e. The molecular formula is C22H27N3O2. The van der Waals surface area contributed by atoms with Crippen LogP contribution in [0.25, 0.3) is 0 Å². The Morgan fingerprint density at radius 1 is 1.07 bits per heavy atom. The largest absolute Gasteiger partial charge is 0.344 e. The monoisotopic (exact) mass is 365 g/mol. The van der Waals surface area contributed by atoms with Gasteiger partial charge in [0.2, 0.25) is 11.8 Å². The number of pyridine rings is 1. The molecule has 0 aliphatic carbocycles. The van der Waals surface area contributed by atoms with Crippen molar-refractivity contribution >= 4 is 11.8 Å². The molecule has 2 aromatic rings. The van der Waals surface area contributed by atoms with E-state index in [9.17, 15) is 9.59 Å². The third-order valence-corrected chi connectivity index (χ3v) is 5.21. The number of hydrogen-bond acceptors (Lipinski definition) is 3. The molecule has 1 aliphatic rings. The van der Waals surface area contributed by atoms with Crippen molar-refractivity contribution < 1.29 is 9.59 Å². The number of benzene rings is 1. The number of aryl methyl sites for hydroxylation is 2. The van der Waals surface area contributed by atoms with E-state index in [0.717, 1.165) is 30.4 Å². The summed E-state index contributed by atoms with van der Waals surface area (Å²) in [4.78, 5) is 30.7. The molecule has 0 bridgehead atoms. The SMILES string of the molecule is Cc1ccc([C@H](NC(=O)CN2CCCCCC2=O)c2ccncc2)cc1C. The predicted molar refractivity (Wildman–Crippen MR) is 105 cm³/mol. The van der Waals surface area contributed by atoms with E-state index in [0.29, 0.717) is 13.0 Å². The van der Waals surface area contributed by atoms with Crippen molar-refractivity contribution in [3.63, 3.8) is 0 Å². The lowest BCUT2D eigenvalue weighted by Crippen LogP contribution is -2.41. The number of hydrogen-bond donors (Lipinski definition) is 1. The predicted octanol–water partition coefficient (Wildman–Crippen LogP) is 3.31. The second-order valence-corrected chi connectivity index (χ2v) is 7.25. The first-order valence-corrected chi connectivity index (χ1v) is 9.59. The maximum atomic E-state index is 12.8. The molecule has 27 heavy (non-hydrogen) atoms. The zero-order valence-electron chi connectivity index (χ0n) is 16.1. The molecule has 2 amide bonds. The Balaban J connectivity index is 1.79. The summed E-state index contributed by atoms with van der Waals surface area (Å²) in [6, 6.07) is 9.79. The number of nitrogens with zero attached hydrogens (tertiary/aromatic N) is 2. The number of likely N-dealkylation sites (tertiary alicyclic amines) is 1. The molecule has 1 aliphatic heterocycles. The van der Waals surface area contributed by atoms with Crippen LogP contribution in [0.3, 0.4) is 0 Å². The first-order chi connectivity index (χ1) is 13.0. The Morgan fingerprint density at radius 3 is 2.59 bits per heavy atom. The average molecular weight is 365 g/mol. The summed E-state index contributed by atoms with van der Waals surface area (Å²) in [5.41, 5.74) is 4.40. The van der Waals surface area contributed by atoms with Crippen LogP contribution in [-0.2, 0) is 9.59 Å². The summed E-state index contributed by atoms with van der Waals surface area (Å²) < 4.78 is 0. The van der Waals surface area contributed by atoms with Gasteiger partial charge in [0.05, 0.1) is 12.6 Å². The van der Waals surface area contributed by atoms with E-state index in [1.165, 1.54) is 11.1 Å². The van der Waals surface area contributed by atoms with Gasteiger partial charge in [-0.3, -0.25) is 14.6 Å². The summed E-state index contributed by atoms with van der Waals surface area (Å²) in [5.74, 6) is -0.0559. The van der Waals surface area contributed by atoms with Gasteiger partial charge in [0.25, 0.3) is 0 Å². The lowest BCUT2D eigenvalue weighted by atomic mass is 9.96. The minimum Gasteiger partial charge on any atom is -0.344 e. The number of carbonyl (C=O) groups excluding carboxylic acids is 2. The second kappa shape index (κ2) is 8.80. The molecule has 1 aromatic heterocycles. The van der Waals surface area contributed by atoms with Gasteiger partial charge < -0.3 is 10.2 Å². The van der Waals surface area contributed by atoms with E-state index < -0.39 is 0 Å². The first-order valence-electron chi connectivity index (χ1n) is 9.59. The molecule has 1 atom stereocenters. The summed E-state index contributed by atoms with van der Waals surface area (Å²) in [6.45, 7) is 4.92. The number of amides is 2. The van der Waals surface area contributed by atoms with Crippen molar-refractivity contribution in [2.24, 2.45) is 0 Å². The van der Waals surface area contributed by atoms with Gasteiger partial charge in [0.1, 0.15) is 0 Å². The molecule has 5 nitrogen and oxygen atoms in total. The third-order valence-electron chi connectivity index (χ3n) is 5.21. The van der Waals surface area contributed by atoms with E-state index in [1.54, 1.807) is 17.3 Å². The highest BCUT2D eigenvalue weighted by Gasteiger charge is 2.22. The molecular weight excluding hydrogens is 338 g/mol. The lowest BCUT2D eigenvalue weighted by Gasteiger charge is -2.24. The van der Waals surface area contributed by atoms with E-state index in [-0.39, 0.29) is 24.4 Å².